The monoisotopic (exact) mass is 126 g/mol. The molecule has 0 atom stereocenters. The Kier molecular flexibility index (Phi) is 11.6. The Hall–Kier alpha value is 0.517. The van der Waals surface area contributed by atoms with E-state index in [-0.39, 0.29) is 18.9 Å². The van der Waals surface area contributed by atoms with Gasteiger partial charge in [-0.1, -0.05) is 19.8 Å². The zero-order valence-electron chi connectivity index (χ0n) is 5.30. The van der Waals surface area contributed by atoms with E-state index in [1.54, 1.807) is 0 Å². The third-order valence-electron chi connectivity index (χ3n) is 1.07. The molecular formula is C6H15LiO2. The van der Waals surface area contributed by atoms with E-state index in [1.165, 1.54) is 0 Å². The van der Waals surface area contributed by atoms with Gasteiger partial charge >= 0.3 is 18.9 Å². The van der Waals surface area contributed by atoms with E-state index in [2.05, 4.69) is 6.92 Å². The third kappa shape index (κ3) is 11.9. The molecule has 0 heterocycles. The SMILES string of the molecule is CCCCCC(O)O.[LiH]. The van der Waals surface area contributed by atoms with E-state index in [1.807, 2.05) is 0 Å². The van der Waals surface area contributed by atoms with Gasteiger partial charge in [0.25, 0.3) is 0 Å². The third-order valence-corrected chi connectivity index (χ3v) is 1.07. The standard InChI is InChI=1S/C6H14O2.Li.H/c1-2-3-4-5-6(7)8;;/h6-8H,2-5H2,1H3;;. The second-order valence-electron chi connectivity index (χ2n) is 1.98. The number of unbranched alkanes of at least 4 members (excludes halogenated alkanes) is 2. The van der Waals surface area contributed by atoms with Crippen molar-refractivity contribution in [2.75, 3.05) is 0 Å². The van der Waals surface area contributed by atoms with Crippen molar-refractivity contribution in [2.24, 2.45) is 0 Å². The Bertz CT molecular complexity index is 48.3. The quantitative estimate of drug-likeness (QED) is 0.321. The number of rotatable bonds is 4. The van der Waals surface area contributed by atoms with Gasteiger partial charge in [0, 0.05) is 0 Å². The summed E-state index contributed by atoms with van der Waals surface area (Å²) in [6.07, 6.45) is 2.58. The van der Waals surface area contributed by atoms with Crippen molar-refractivity contribution < 1.29 is 10.2 Å². The first-order valence-electron chi connectivity index (χ1n) is 3.13. The zero-order valence-corrected chi connectivity index (χ0v) is 5.30. The summed E-state index contributed by atoms with van der Waals surface area (Å²) in [6.45, 7) is 2.09. The number of hydrogen-bond donors (Lipinski definition) is 2. The molecule has 2 nitrogen and oxygen atoms in total. The van der Waals surface area contributed by atoms with Crippen LogP contribution in [0.15, 0.2) is 0 Å². The maximum absolute atomic E-state index is 8.33. The van der Waals surface area contributed by atoms with Crippen LogP contribution in [0.4, 0.5) is 0 Å². The fraction of sp³-hybridized carbons (Fsp3) is 1.00. The number of aliphatic hydroxyl groups is 2. The predicted molar refractivity (Wildman–Crippen MR) is 39.5 cm³/mol. The Morgan fingerprint density at radius 2 is 1.78 bits per heavy atom. The van der Waals surface area contributed by atoms with Crippen molar-refractivity contribution in [1.82, 2.24) is 0 Å². The van der Waals surface area contributed by atoms with Gasteiger partial charge < -0.3 is 10.2 Å². The molecule has 0 fully saturated rings. The Labute approximate surface area is 68.4 Å². The minimum absolute atomic E-state index is 0. The van der Waals surface area contributed by atoms with Crippen molar-refractivity contribution in [1.29, 1.82) is 0 Å². The van der Waals surface area contributed by atoms with E-state index in [0.717, 1.165) is 19.3 Å². The van der Waals surface area contributed by atoms with Crippen LogP contribution in [0.3, 0.4) is 0 Å². The van der Waals surface area contributed by atoms with Crippen LogP contribution in [-0.4, -0.2) is 35.4 Å². The molecule has 0 bridgehead atoms. The summed E-state index contributed by atoms with van der Waals surface area (Å²) in [5.41, 5.74) is 0. The van der Waals surface area contributed by atoms with Gasteiger partial charge in [-0.25, -0.2) is 0 Å². The van der Waals surface area contributed by atoms with Crippen LogP contribution in [-0.2, 0) is 0 Å². The average Bonchev–Trinajstić information content (AvgIpc) is 1.66. The van der Waals surface area contributed by atoms with Gasteiger partial charge in [0.15, 0.2) is 6.29 Å². The molecule has 3 heteroatoms. The van der Waals surface area contributed by atoms with Crippen molar-refractivity contribution in [3.63, 3.8) is 0 Å². The molecule has 0 aliphatic carbocycles. The van der Waals surface area contributed by atoms with Gasteiger partial charge in [0.05, 0.1) is 0 Å². The zero-order chi connectivity index (χ0) is 6.41. The first kappa shape index (κ1) is 12.2. The van der Waals surface area contributed by atoms with E-state index in [9.17, 15) is 0 Å². The summed E-state index contributed by atoms with van der Waals surface area (Å²) in [4.78, 5) is 0. The molecule has 0 saturated carbocycles. The molecular weight excluding hydrogens is 111 g/mol. The predicted octanol–water partition coefficient (Wildman–Crippen LogP) is 0.229. The van der Waals surface area contributed by atoms with Gasteiger partial charge in [-0.2, -0.15) is 0 Å². The molecule has 9 heavy (non-hydrogen) atoms. The average molecular weight is 126 g/mol. The summed E-state index contributed by atoms with van der Waals surface area (Å²) >= 11 is 0. The minimum atomic E-state index is -1.10. The normalized spacial score (nSPS) is 9.33. The van der Waals surface area contributed by atoms with Crippen LogP contribution in [0.2, 0.25) is 0 Å². The Balaban J connectivity index is 0. The van der Waals surface area contributed by atoms with Crippen LogP contribution < -0.4 is 0 Å². The van der Waals surface area contributed by atoms with Crippen molar-refractivity contribution in [2.45, 2.75) is 38.9 Å². The van der Waals surface area contributed by atoms with E-state index >= 15 is 0 Å². The molecule has 0 aromatic heterocycles. The molecule has 0 spiro atoms. The molecule has 2 N–H and O–H groups in total. The molecule has 0 aromatic rings. The van der Waals surface area contributed by atoms with Crippen molar-refractivity contribution in [3.8, 4) is 0 Å². The molecule has 0 rings (SSSR count). The van der Waals surface area contributed by atoms with Gasteiger partial charge in [-0.3, -0.25) is 0 Å². The maximum atomic E-state index is 8.33. The molecule has 0 saturated heterocycles. The van der Waals surface area contributed by atoms with Gasteiger partial charge in [-0.05, 0) is 12.8 Å². The molecule has 0 aromatic carbocycles. The van der Waals surface area contributed by atoms with Crippen LogP contribution in [0, 0.1) is 0 Å². The first-order valence-corrected chi connectivity index (χ1v) is 3.13. The second-order valence-corrected chi connectivity index (χ2v) is 1.98. The molecule has 0 aliphatic heterocycles. The molecule has 0 amide bonds. The van der Waals surface area contributed by atoms with E-state index in [0.29, 0.717) is 6.42 Å². The van der Waals surface area contributed by atoms with Crippen molar-refractivity contribution >= 4 is 18.9 Å². The van der Waals surface area contributed by atoms with E-state index in [4.69, 9.17) is 10.2 Å². The van der Waals surface area contributed by atoms with E-state index < -0.39 is 6.29 Å². The number of hydrogen-bond acceptors (Lipinski definition) is 2. The van der Waals surface area contributed by atoms with Crippen molar-refractivity contribution in [3.05, 3.63) is 0 Å². The summed E-state index contributed by atoms with van der Waals surface area (Å²) in [5, 5.41) is 16.7. The molecule has 0 radical (unpaired) electrons. The summed E-state index contributed by atoms with van der Waals surface area (Å²) in [6, 6.07) is 0. The second kappa shape index (κ2) is 8.52. The molecule has 0 aliphatic rings. The molecule has 52 valence electrons. The summed E-state index contributed by atoms with van der Waals surface area (Å²) in [5.74, 6) is 0. The topological polar surface area (TPSA) is 40.5 Å². The van der Waals surface area contributed by atoms with Gasteiger partial charge in [0.1, 0.15) is 0 Å². The Morgan fingerprint density at radius 3 is 2.11 bits per heavy atom. The van der Waals surface area contributed by atoms with Crippen LogP contribution >= 0.6 is 0 Å². The van der Waals surface area contributed by atoms with Crippen LogP contribution in [0.1, 0.15) is 32.6 Å². The van der Waals surface area contributed by atoms with Crippen LogP contribution in [0.5, 0.6) is 0 Å². The van der Waals surface area contributed by atoms with Gasteiger partial charge in [-0.15, -0.1) is 0 Å². The fourth-order valence-corrected chi connectivity index (χ4v) is 0.577. The fourth-order valence-electron chi connectivity index (χ4n) is 0.577. The first-order chi connectivity index (χ1) is 3.77. The number of aliphatic hydroxyl groups excluding tert-OH is 1. The Morgan fingerprint density at radius 1 is 1.22 bits per heavy atom. The van der Waals surface area contributed by atoms with Gasteiger partial charge in [0.2, 0.25) is 0 Å². The summed E-state index contributed by atoms with van der Waals surface area (Å²) in [7, 11) is 0. The summed E-state index contributed by atoms with van der Waals surface area (Å²) < 4.78 is 0. The van der Waals surface area contributed by atoms with Crippen LogP contribution in [0.25, 0.3) is 0 Å². The molecule has 0 unspecified atom stereocenters.